The summed E-state index contributed by atoms with van der Waals surface area (Å²) in [5.74, 6) is 0.0646. The normalized spacial score (nSPS) is 10.2. The zero-order valence-electron chi connectivity index (χ0n) is 9.96. The predicted molar refractivity (Wildman–Crippen MR) is 68.6 cm³/mol. The molecule has 0 amide bonds. The molecule has 0 heterocycles. The Morgan fingerprint density at radius 3 is 2.44 bits per heavy atom. The maximum Gasteiger partial charge on any atom is 0.192 e. The molecule has 0 aliphatic carbocycles. The summed E-state index contributed by atoms with van der Waals surface area (Å²) in [6.07, 6.45) is 0.971. The lowest BCUT2D eigenvalue weighted by molar-refractivity contribution is 0.984. The maximum atomic E-state index is 7.49. The summed E-state index contributed by atoms with van der Waals surface area (Å²) in [6.45, 7) is 5.28. The van der Waals surface area contributed by atoms with Crippen molar-refractivity contribution < 1.29 is 0 Å². The Morgan fingerprint density at radius 2 is 2.00 bits per heavy atom. The summed E-state index contributed by atoms with van der Waals surface area (Å²) in [6, 6.07) is 6.07. The van der Waals surface area contributed by atoms with E-state index in [1.807, 2.05) is 19.1 Å². The van der Waals surface area contributed by atoms with Crippen LogP contribution in [0.5, 0.6) is 0 Å². The van der Waals surface area contributed by atoms with Crippen LogP contribution >= 0.6 is 0 Å². The first-order chi connectivity index (χ1) is 7.63. The molecule has 0 radical (unpaired) electrons. The lowest BCUT2D eigenvalue weighted by atomic mass is 10.0. The molecule has 88 valence electrons. The first kappa shape index (κ1) is 12.5. The number of guanidine groups is 1. The molecule has 5 N–H and O–H groups in total. The topological polar surface area (TPSA) is 79.1 Å². The molecule has 0 bridgehead atoms. The standard InChI is InChI=1S/C12H20N4/c1-3-9-5-6-11(7-10(9)8-13)16(4-2)12(14)15/h5-7H,3-4,8,13H2,1-2H3,(H3,14,15). The van der Waals surface area contributed by atoms with Crippen molar-refractivity contribution in [2.75, 3.05) is 11.4 Å². The molecule has 0 unspecified atom stereocenters. The minimum Gasteiger partial charge on any atom is -0.370 e. The third kappa shape index (κ3) is 2.52. The maximum absolute atomic E-state index is 7.49. The van der Waals surface area contributed by atoms with Gasteiger partial charge in [0.25, 0.3) is 0 Å². The van der Waals surface area contributed by atoms with Crippen molar-refractivity contribution in [3.8, 4) is 0 Å². The van der Waals surface area contributed by atoms with E-state index >= 15 is 0 Å². The number of nitrogens with two attached hydrogens (primary N) is 2. The van der Waals surface area contributed by atoms with Gasteiger partial charge in [-0.2, -0.15) is 0 Å². The van der Waals surface area contributed by atoms with Gasteiger partial charge in [0.05, 0.1) is 0 Å². The van der Waals surface area contributed by atoms with Gasteiger partial charge in [0.1, 0.15) is 0 Å². The number of nitrogens with zero attached hydrogens (tertiary/aromatic N) is 1. The molecule has 0 aliphatic rings. The Morgan fingerprint density at radius 1 is 1.31 bits per heavy atom. The van der Waals surface area contributed by atoms with Gasteiger partial charge in [-0.1, -0.05) is 13.0 Å². The number of hydrogen-bond donors (Lipinski definition) is 3. The fourth-order valence-electron chi connectivity index (χ4n) is 1.81. The van der Waals surface area contributed by atoms with Crippen LogP contribution in [0.2, 0.25) is 0 Å². The molecule has 0 saturated heterocycles. The number of anilines is 1. The van der Waals surface area contributed by atoms with Crippen LogP contribution in [-0.2, 0) is 13.0 Å². The highest BCUT2D eigenvalue weighted by molar-refractivity contribution is 5.92. The van der Waals surface area contributed by atoms with Crippen molar-refractivity contribution in [3.05, 3.63) is 29.3 Å². The Kier molecular flexibility index (Phi) is 4.31. The molecule has 4 nitrogen and oxygen atoms in total. The monoisotopic (exact) mass is 220 g/mol. The van der Waals surface area contributed by atoms with Crippen molar-refractivity contribution in [1.29, 1.82) is 5.41 Å². The number of rotatable bonds is 4. The van der Waals surface area contributed by atoms with Crippen molar-refractivity contribution in [2.45, 2.75) is 26.8 Å². The molecule has 0 fully saturated rings. The second-order valence-corrected chi connectivity index (χ2v) is 3.64. The molecule has 1 rings (SSSR count). The number of hydrogen-bond acceptors (Lipinski definition) is 2. The predicted octanol–water partition coefficient (Wildman–Crippen LogP) is 1.43. The van der Waals surface area contributed by atoms with Crippen LogP contribution in [-0.4, -0.2) is 12.5 Å². The van der Waals surface area contributed by atoms with Crippen molar-refractivity contribution in [1.82, 2.24) is 0 Å². The van der Waals surface area contributed by atoms with Gasteiger partial charge in [-0.05, 0) is 36.6 Å². The highest BCUT2D eigenvalue weighted by Crippen LogP contribution is 2.19. The fourth-order valence-corrected chi connectivity index (χ4v) is 1.81. The van der Waals surface area contributed by atoms with Crippen molar-refractivity contribution in [2.24, 2.45) is 11.5 Å². The second-order valence-electron chi connectivity index (χ2n) is 3.64. The highest BCUT2D eigenvalue weighted by Gasteiger charge is 2.09. The Balaban J connectivity index is 3.11. The summed E-state index contributed by atoms with van der Waals surface area (Å²) in [4.78, 5) is 1.75. The Labute approximate surface area is 96.7 Å². The van der Waals surface area contributed by atoms with E-state index in [1.54, 1.807) is 4.90 Å². The quantitative estimate of drug-likeness (QED) is 0.530. The summed E-state index contributed by atoms with van der Waals surface area (Å²) in [5.41, 5.74) is 14.5. The third-order valence-corrected chi connectivity index (χ3v) is 2.71. The van der Waals surface area contributed by atoms with Crippen LogP contribution in [0.15, 0.2) is 18.2 Å². The summed E-state index contributed by atoms with van der Waals surface area (Å²) in [5, 5.41) is 7.49. The van der Waals surface area contributed by atoms with Gasteiger partial charge in [0.15, 0.2) is 5.96 Å². The van der Waals surface area contributed by atoms with Crippen LogP contribution < -0.4 is 16.4 Å². The smallest absolute Gasteiger partial charge is 0.192 e. The number of nitrogens with one attached hydrogen (secondary N) is 1. The molecule has 0 aromatic heterocycles. The van der Waals surface area contributed by atoms with E-state index in [0.717, 1.165) is 17.7 Å². The van der Waals surface area contributed by atoms with E-state index in [4.69, 9.17) is 16.9 Å². The minimum atomic E-state index is 0.0646. The van der Waals surface area contributed by atoms with E-state index in [-0.39, 0.29) is 5.96 Å². The molecule has 16 heavy (non-hydrogen) atoms. The Hall–Kier alpha value is -1.55. The molecule has 4 heteroatoms. The molecule has 1 aromatic rings. The largest absolute Gasteiger partial charge is 0.370 e. The van der Waals surface area contributed by atoms with Gasteiger partial charge < -0.3 is 16.4 Å². The first-order valence-electron chi connectivity index (χ1n) is 5.57. The van der Waals surface area contributed by atoms with Crippen molar-refractivity contribution >= 4 is 11.6 Å². The average molecular weight is 220 g/mol. The Bertz CT molecular complexity index is 373. The summed E-state index contributed by atoms with van der Waals surface area (Å²) in [7, 11) is 0. The lowest BCUT2D eigenvalue weighted by Crippen LogP contribution is -2.36. The number of benzene rings is 1. The van der Waals surface area contributed by atoms with Crippen LogP contribution in [0, 0.1) is 5.41 Å². The highest BCUT2D eigenvalue weighted by atomic mass is 15.2. The first-order valence-corrected chi connectivity index (χ1v) is 5.57. The molecule has 0 saturated carbocycles. The van der Waals surface area contributed by atoms with E-state index in [9.17, 15) is 0 Å². The minimum absolute atomic E-state index is 0.0646. The summed E-state index contributed by atoms with van der Waals surface area (Å²) < 4.78 is 0. The SMILES string of the molecule is CCc1ccc(N(CC)C(=N)N)cc1CN. The van der Waals surface area contributed by atoms with Gasteiger partial charge in [0, 0.05) is 18.8 Å². The molecule has 0 atom stereocenters. The molecule has 0 spiro atoms. The number of aryl methyl sites for hydroxylation is 1. The van der Waals surface area contributed by atoms with Gasteiger partial charge in [0.2, 0.25) is 0 Å². The van der Waals surface area contributed by atoms with Gasteiger partial charge in [-0.3, -0.25) is 5.41 Å². The van der Waals surface area contributed by atoms with Gasteiger partial charge in [-0.15, -0.1) is 0 Å². The van der Waals surface area contributed by atoms with E-state index < -0.39 is 0 Å². The zero-order chi connectivity index (χ0) is 12.1. The van der Waals surface area contributed by atoms with Crippen LogP contribution in [0.25, 0.3) is 0 Å². The van der Waals surface area contributed by atoms with Gasteiger partial charge in [-0.25, -0.2) is 0 Å². The van der Waals surface area contributed by atoms with Gasteiger partial charge >= 0.3 is 0 Å². The fraction of sp³-hybridized carbons (Fsp3) is 0.417. The van der Waals surface area contributed by atoms with E-state index in [0.29, 0.717) is 13.1 Å². The molecular weight excluding hydrogens is 200 g/mol. The summed E-state index contributed by atoms with van der Waals surface area (Å²) >= 11 is 0. The van der Waals surface area contributed by atoms with Crippen molar-refractivity contribution in [3.63, 3.8) is 0 Å². The van der Waals surface area contributed by atoms with Crippen LogP contribution in [0.1, 0.15) is 25.0 Å². The lowest BCUT2D eigenvalue weighted by Gasteiger charge is -2.22. The average Bonchev–Trinajstić information content (AvgIpc) is 2.29. The van der Waals surface area contributed by atoms with E-state index in [1.165, 1.54) is 5.56 Å². The zero-order valence-corrected chi connectivity index (χ0v) is 9.96. The van der Waals surface area contributed by atoms with E-state index in [2.05, 4.69) is 13.0 Å². The molecule has 0 aliphatic heterocycles. The van der Waals surface area contributed by atoms with Crippen LogP contribution in [0.3, 0.4) is 0 Å². The van der Waals surface area contributed by atoms with Crippen LogP contribution in [0.4, 0.5) is 5.69 Å². The third-order valence-electron chi connectivity index (χ3n) is 2.71. The second kappa shape index (κ2) is 5.51. The molecule has 1 aromatic carbocycles. The molecular formula is C12H20N4.